The SMILES string of the molecule is CCOC(=O)C[C@@H](c1cc(OC)c(O)c(OC)c1)c1c(O)c2ccccc2[nH]c1=O. The van der Waals surface area contributed by atoms with Gasteiger partial charge in [0.15, 0.2) is 11.5 Å². The van der Waals surface area contributed by atoms with Crippen LogP contribution in [0.5, 0.6) is 23.0 Å². The summed E-state index contributed by atoms with van der Waals surface area (Å²) < 4.78 is 15.5. The molecule has 158 valence electrons. The number of hydrogen-bond donors (Lipinski definition) is 3. The van der Waals surface area contributed by atoms with Crippen LogP contribution in [0, 0.1) is 0 Å². The highest BCUT2D eigenvalue weighted by Crippen LogP contribution is 2.43. The molecule has 0 fully saturated rings. The van der Waals surface area contributed by atoms with Crippen LogP contribution in [0.25, 0.3) is 10.9 Å². The van der Waals surface area contributed by atoms with Gasteiger partial charge >= 0.3 is 5.97 Å². The summed E-state index contributed by atoms with van der Waals surface area (Å²) in [6, 6.07) is 9.81. The molecule has 3 rings (SSSR count). The molecule has 2 aromatic carbocycles. The fourth-order valence-electron chi connectivity index (χ4n) is 3.45. The summed E-state index contributed by atoms with van der Waals surface area (Å²) in [5.74, 6) is -1.64. The summed E-state index contributed by atoms with van der Waals surface area (Å²) in [7, 11) is 2.75. The van der Waals surface area contributed by atoms with Crippen molar-refractivity contribution in [3.8, 4) is 23.0 Å². The first kappa shape index (κ1) is 21.0. The van der Waals surface area contributed by atoms with Crippen molar-refractivity contribution in [2.75, 3.05) is 20.8 Å². The van der Waals surface area contributed by atoms with Crippen LogP contribution >= 0.6 is 0 Å². The van der Waals surface area contributed by atoms with Crippen LogP contribution in [-0.2, 0) is 9.53 Å². The predicted octanol–water partition coefficient (Wildman–Crippen LogP) is 3.04. The molecule has 1 heterocycles. The van der Waals surface area contributed by atoms with Crippen LogP contribution in [0.3, 0.4) is 0 Å². The second-order valence-electron chi connectivity index (χ2n) is 6.60. The number of aromatic amines is 1. The third-order valence-electron chi connectivity index (χ3n) is 4.86. The van der Waals surface area contributed by atoms with Crippen molar-refractivity contribution in [3.63, 3.8) is 0 Å². The quantitative estimate of drug-likeness (QED) is 0.510. The zero-order chi connectivity index (χ0) is 21.8. The second-order valence-corrected chi connectivity index (χ2v) is 6.60. The van der Waals surface area contributed by atoms with Crippen molar-refractivity contribution in [2.24, 2.45) is 0 Å². The largest absolute Gasteiger partial charge is 0.507 e. The molecule has 0 bridgehead atoms. The average molecular weight is 413 g/mol. The van der Waals surface area contributed by atoms with E-state index in [0.717, 1.165) is 0 Å². The Hall–Kier alpha value is -3.68. The van der Waals surface area contributed by atoms with Crippen molar-refractivity contribution in [1.29, 1.82) is 0 Å². The van der Waals surface area contributed by atoms with Crippen molar-refractivity contribution >= 4 is 16.9 Å². The number of nitrogens with one attached hydrogen (secondary N) is 1. The van der Waals surface area contributed by atoms with Crippen molar-refractivity contribution < 1.29 is 29.2 Å². The maximum atomic E-state index is 12.9. The molecule has 1 aromatic heterocycles. The molecule has 0 spiro atoms. The standard InChI is InChI=1S/C22H23NO7/c1-4-30-18(24)11-14(12-9-16(28-2)21(26)17(10-12)29-3)19-20(25)13-7-5-6-8-15(13)23-22(19)27/h5-10,14,26H,4,11H2,1-3H3,(H2,23,25,27)/t14-/m0/s1. The summed E-state index contributed by atoms with van der Waals surface area (Å²) in [6.07, 6.45) is -0.208. The average Bonchev–Trinajstić information content (AvgIpc) is 2.73. The van der Waals surface area contributed by atoms with E-state index in [1.807, 2.05) is 0 Å². The fourth-order valence-corrected chi connectivity index (χ4v) is 3.45. The lowest BCUT2D eigenvalue weighted by Gasteiger charge is -2.20. The highest BCUT2D eigenvalue weighted by molar-refractivity contribution is 5.86. The summed E-state index contributed by atoms with van der Waals surface area (Å²) in [4.78, 5) is 28.0. The van der Waals surface area contributed by atoms with E-state index >= 15 is 0 Å². The first-order valence-electron chi connectivity index (χ1n) is 9.35. The normalized spacial score (nSPS) is 11.8. The number of aromatic nitrogens is 1. The number of fused-ring (bicyclic) bond motifs is 1. The molecule has 0 saturated heterocycles. The molecular formula is C22H23NO7. The number of aromatic hydroxyl groups is 2. The number of ether oxygens (including phenoxy) is 3. The van der Waals surface area contributed by atoms with E-state index in [0.29, 0.717) is 16.5 Å². The summed E-state index contributed by atoms with van der Waals surface area (Å²) in [5.41, 5.74) is 0.383. The van der Waals surface area contributed by atoms with Gasteiger partial charge in [-0.3, -0.25) is 9.59 Å². The highest BCUT2D eigenvalue weighted by atomic mass is 16.5. The monoisotopic (exact) mass is 413 g/mol. The first-order chi connectivity index (χ1) is 14.4. The zero-order valence-electron chi connectivity index (χ0n) is 16.9. The van der Waals surface area contributed by atoms with E-state index in [9.17, 15) is 19.8 Å². The van der Waals surface area contributed by atoms with Crippen LogP contribution in [0.15, 0.2) is 41.2 Å². The Morgan fingerprint density at radius 2 is 1.70 bits per heavy atom. The number of hydrogen-bond acceptors (Lipinski definition) is 7. The molecule has 0 saturated carbocycles. The molecule has 3 aromatic rings. The van der Waals surface area contributed by atoms with Crippen molar-refractivity contribution in [1.82, 2.24) is 4.98 Å². The predicted molar refractivity (Wildman–Crippen MR) is 111 cm³/mol. The third-order valence-corrected chi connectivity index (χ3v) is 4.86. The van der Waals surface area contributed by atoms with Gasteiger partial charge in [0, 0.05) is 11.3 Å². The summed E-state index contributed by atoms with van der Waals surface area (Å²) in [6.45, 7) is 1.85. The third kappa shape index (κ3) is 3.89. The van der Waals surface area contributed by atoms with E-state index in [1.165, 1.54) is 26.4 Å². The maximum Gasteiger partial charge on any atom is 0.306 e. The number of methoxy groups -OCH3 is 2. The molecule has 1 atom stereocenters. The maximum absolute atomic E-state index is 12.9. The van der Waals surface area contributed by atoms with Gasteiger partial charge in [-0.15, -0.1) is 0 Å². The van der Waals surface area contributed by atoms with Gasteiger partial charge in [0.05, 0.1) is 38.3 Å². The van der Waals surface area contributed by atoms with Gasteiger partial charge in [-0.25, -0.2) is 0 Å². The lowest BCUT2D eigenvalue weighted by atomic mass is 9.87. The zero-order valence-corrected chi connectivity index (χ0v) is 16.9. The number of carbonyl (C=O) groups excluding carboxylic acids is 1. The number of phenolic OH excluding ortho intramolecular Hbond substituents is 1. The van der Waals surface area contributed by atoms with Crippen molar-refractivity contribution in [3.05, 3.63) is 57.9 Å². The van der Waals surface area contributed by atoms with Gasteiger partial charge < -0.3 is 29.4 Å². The Morgan fingerprint density at radius 1 is 1.07 bits per heavy atom. The number of carbonyl (C=O) groups is 1. The van der Waals surface area contributed by atoms with E-state index in [4.69, 9.17) is 14.2 Å². The molecule has 30 heavy (non-hydrogen) atoms. The smallest absolute Gasteiger partial charge is 0.306 e. The Morgan fingerprint density at radius 3 is 2.30 bits per heavy atom. The number of phenols is 1. The summed E-state index contributed by atoms with van der Waals surface area (Å²) in [5, 5.41) is 21.6. The van der Waals surface area contributed by atoms with Gasteiger partial charge in [-0.05, 0) is 36.8 Å². The minimum Gasteiger partial charge on any atom is -0.507 e. The van der Waals surface area contributed by atoms with Gasteiger partial charge in [-0.2, -0.15) is 0 Å². The number of pyridine rings is 1. The van der Waals surface area contributed by atoms with E-state index in [2.05, 4.69) is 4.98 Å². The molecule has 8 heteroatoms. The van der Waals surface area contributed by atoms with E-state index in [1.54, 1.807) is 31.2 Å². The molecule has 0 unspecified atom stereocenters. The van der Waals surface area contributed by atoms with Crippen molar-refractivity contribution in [2.45, 2.75) is 19.3 Å². The lowest BCUT2D eigenvalue weighted by Crippen LogP contribution is -2.21. The second kappa shape index (κ2) is 8.77. The fraction of sp³-hybridized carbons (Fsp3) is 0.273. The number of para-hydroxylation sites is 1. The molecule has 0 radical (unpaired) electrons. The Balaban J connectivity index is 2.27. The Bertz CT molecular complexity index is 1110. The Labute approximate surface area is 172 Å². The lowest BCUT2D eigenvalue weighted by molar-refractivity contribution is -0.143. The molecule has 0 aliphatic heterocycles. The Kier molecular flexibility index (Phi) is 6.15. The van der Waals surface area contributed by atoms with Gasteiger partial charge in [0.1, 0.15) is 5.75 Å². The molecule has 8 nitrogen and oxygen atoms in total. The molecule has 0 amide bonds. The van der Waals surface area contributed by atoms with Gasteiger partial charge in [0.2, 0.25) is 5.75 Å². The van der Waals surface area contributed by atoms with Crippen LogP contribution < -0.4 is 15.0 Å². The molecule has 3 N–H and O–H groups in total. The van der Waals surface area contributed by atoms with E-state index in [-0.39, 0.29) is 41.6 Å². The molecule has 0 aliphatic rings. The van der Waals surface area contributed by atoms with Crippen LogP contribution in [-0.4, -0.2) is 42.0 Å². The van der Waals surface area contributed by atoms with Gasteiger partial charge in [0.25, 0.3) is 5.56 Å². The highest BCUT2D eigenvalue weighted by Gasteiger charge is 2.28. The minimum atomic E-state index is -0.874. The van der Waals surface area contributed by atoms with E-state index < -0.39 is 17.4 Å². The number of esters is 1. The van der Waals surface area contributed by atoms with Crippen LogP contribution in [0.2, 0.25) is 0 Å². The minimum absolute atomic E-state index is 0.0107. The molecule has 0 aliphatic carbocycles. The number of benzene rings is 2. The van der Waals surface area contributed by atoms with Crippen LogP contribution in [0.4, 0.5) is 0 Å². The van der Waals surface area contributed by atoms with Crippen LogP contribution in [0.1, 0.15) is 30.4 Å². The van der Waals surface area contributed by atoms with Gasteiger partial charge in [-0.1, -0.05) is 12.1 Å². The molecular weight excluding hydrogens is 390 g/mol. The number of rotatable bonds is 7. The first-order valence-corrected chi connectivity index (χ1v) is 9.35. The summed E-state index contributed by atoms with van der Waals surface area (Å²) >= 11 is 0. The topological polar surface area (TPSA) is 118 Å². The number of H-pyrrole nitrogens is 1.